The largest absolute Gasteiger partial charge is 0.300 e. The van der Waals surface area contributed by atoms with Crippen LogP contribution < -0.4 is 5.32 Å². The number of carbonyl (C=O) groups is 2. The monoisotopic (exact) mass is 220 g/mol. The predicted molar refractivity (Wildman–Crippen MR) is 55.1 cm³/mol. The molecule has 6 nitrogen and oxygen atoms in total. The summed E-state index contributed by atoms with van der Waals surface area (Å²) >= 11 is 0. The molecule has 0 saturated carbocycles. The molecule has 1 fully saturated rings. The number of imide groups is 1. The molecule has 1 aromatic rings. The molecular formula is C10H12N4O2. The Morgan fingerprint density at radius 3 is 2.94 bits per heavy atom. The fraction of sp³-hybridized carbons (Fsp3) is 0.400. The standard InChI is InChI=1S/C10H12N4O2/c1-14-9(15)4-8(10(14)16)12-5-7-2-3-11-6-13-7/h2-3,6,8,12H,4-5H2,1H3. The van der Waals surface area contributed by atoms with Gasteiger partial charge in [-0.3, -0.25) is 19.8 Å². The van der Waals surface area contributed by atoms with Gasteiger partial charge in [0.15, 0.2) is 0 Å². The van der Waals surface area contributed by atoms with Crippen LogP contribution in [0.1, 0.15) is 12.1 Å². The van der Waals surface area contributed by atoms with Crippen LogP contribution in [-0.4, -0.2) is 39.8 Å². The van der Waals surface area contributed by atoms with Crippen molar-refractivity contribution in [3.8, 4) is 0 Å². The Morgan fingerprint density at radius 2 is 2.38 bits per heavy atom. The van der Waals surface area contributed by atoms with Gasteiger partial charge in [0, 0.05) is 19.8 Å². The van der Waals surface area contributed by atoms with E-state index in [0.29, 0.717) is 6.54 Å². The van der Waals surface area contributed by atoms with Gasteiger partial charge in [0.2, 0.25) is 11.8 Å². The summed E-state index contributed by atoms with van der Waals surface area (Å²) in [5.74, 6) is -0.329. The molecule has 1 saturated heterocycles. The molecule has 1 unspecified atom stereocenters. The van der Waals surface area contributed by atoms with Crippen LogP contribution in [0.4, 0.5) is 0 Å². The molecular weight excluding hydrogens is 208 g/mol. The van der Waals surface area contributed by atoms with Crippen molar-refractivity contribution in [1.29, 1.82) is 0 Å². The van der Waals surface area contributed by atoms with Gasteiger partial charge in [0.25, 0.3) is 0 Å². The van der Waals surface area contributed by atoms with Gasteiger partial charge >= 0.3 is 0 Å². The summed E-state index contributed by atoms with van der Waals surface area (Å²) in [5, 5.41) is 3.01. The van der Waals surface area contributed by atoms with Gasteiger partial charge in [-0.15, -0.1) is 0 Å². The van der Waals surface area contributed by atoms with Crippen molar-refractivity contribution in [2.75, 3.05) is 7.05 Å². The highest BCUT2D eigenvalue weighted by molar-refractivity contribution is 6.05. The number of hydrogen-bond donors (Lipinski definition) is 1. The van der Waals surface area contributed by atoms with E-state index >= 15 is 0 Å². The van der Waals surface area contributed by atoms with Crippen LogP contribution >= 0.6 is 0 Å². The molecule has 1 aliphatic heterocycles. The maximum absolute atomic E-state index is 11.5. The number of hydrogen-bond acceptors (Lipinski definition) is 5. The quantitative estimate of drug-likeness (QED) is 0.683. The number of likely N-dealkylation sites (N-methyl/N-ethyl adjacent to an activating group) is 1. The number of carbonyl (C=O) groups excluding carboxylic acids is 2. The average Bonchev–Trinajstić information content (AvgIpc) is 2.56. The van der Waals surface area contributed by atoms with Crippen LogP contribution in [0.5, 0.6) is 0 Å². The number of aromatic nitrogens is 2. The van der Waals surface area contributed by atoms with E-state index in [1.54, 1.807) is 12.3 Å². The highest BCUT2D eigenvalue weighted by atomic mass is 16.2. The molecule has 1 N–H and O–H groups in total. The third-order valence-electron chi connectivity index (χ3n) is 2.55. The van der Waals surface area contributed by atoms with Gasteiger partial charge in [0.1, 0.15) is 6.33 Å². The maximum atomic E-state index is 11.5. The van der Waals surface area contributed by atoms with Crippen molar-refractivity contribution in [2.45, 2.75) is 19.0 Å². The lowest BCUT2D eigenvalue weighted by Crippen LogP contribution is -2.36. The first kappa shape index (κ1) is 10.7. The van der Waals surface area contributed by atoms with Gasteiger partial charge in [-0.25, -0.2) is 9.97 Å². The van der Waals surface area contributed by atoms with E-state index in [0.717, 1.165) is 10.6 Å². The van der Waals surface area contributed by atoms with Crippen LogP contribution in [0.15, 0.2) is 18.6 Å². The van der Waals surface area contributed by atoms with E-state index < -0.39 is 6.04 Å². The minimum atomic E-state index is -0.424. The average molecular weight is 220 g/mol. The van der Waals surface area contributed by atoms with Crippen LogP contribution in [0.3, 0.4) is 0 Å². The molecule has 0 aliphatic carbocycles. The Bertz CT molecular complexity index is 407. The lowest BCUT2D eigenvalue weighted by Gasteiger charge is -2.10. The highest BCUT2D eigenvalue weighted by Crippen LogP contribution is 2.10. The molecule has 0 radical (unpaired) electrons. The van der Waals surface area contributed by atoms with Crippen molar-refractivity contribution in [2.24, 2.45) is 0 Å². The zero-order valence-corrected chi connectivity index (χ0v) is 8.88. The van der Waals surface area contributed by atoms with Crippen molar-refractivity contribution in [1.82, 2.24) is 20.2 Å². The zero-order chi connectivity index (χ0) is 11.5. The summed E-state index contributed by atoms with van der Waals surface area (Å²) in [6.07, 6.45) is 3.31. The topological polar surface area (TPSA) is 75.2 Å². The van der Waals surface area contributed by atoms with Crippen molar-refractivity contribution < 1.29 is 9.59 Å². The van der Waals surface area contributed by atoms with Crippen molar-refractivity contribution in [3.05, 3.63) is 24.3 Å². The van der Waals surface area contributed by atoms with Gasteiger partial charge in [-0.05, 0) is 6.07 Å². The molecule has 0 bridgehead atoms. The fourth-order valence-corrected chi connectivity index (χ4v) is 1.57. The fourth-order valence-electron chi connectivity index (χ4n) is 1.57. The molecule has 2 heterocycles. The normalized spacial score (nSPS) is 20.6. The first-order valence-corrected chi connectivity index (χ1v) is 4.97. The van der Waals surface area contributed by atoms with Crippen LogP contribution in [0.25, 0.3) is 0 Å². The van der Waals surface area contributed by atoms with E-state index in [2.05, 4.69) is 15.3 Å². The summed E-state index contributed by atoms with van der Waals surface area (Å²) in [7, 11) is 1.50. The summed E-state index contributed by atoms with van der Waals surface area (Å²) in [4.78, 5) is 31.8. The second-order valence-electron chi connectivity index (χ2n) is 3.63. The Morgan fingerprint density at radius 1 is 1.56 bits per heavy atom. The minimum Gasteiger partial charge on any atom is -0.300 e. The SMILES string of the molecule is CN1C(=O)CC(NCc2ccncn2)C1=O. The molecule has 2 amide bonds. The predicted octanol–water partition coefficient (Wildman–Crippen LogP) is -0.677. The minimum absolute atomic E-state index is 0.148. The zero-order valence-electron chi connectivity index (χ0n) is 8.88. The van der Waals surface area contributed by atoms with E-state index in [1.165, 1.54) is 13.4 Å². The third-order valence-corrected chi connectivity index (χ3v) is 2.55. The Kier molecular flexibility index (Phi) is 2.91. The summed E-state index contributed by atoms with van der Waals surface area (Å²) in [5.41, 5.74) is 0.796. The molecule has 0 aromatic carbocycles. The molecule has 1 atom stereocenters. The van der Waals surface area contributed by atoms with Crippen LogP contribution in [-0.2, 0) is 16.1 Å². The molecule has 16 heavy (non-hydrogen) atoms. The molecule has 1 aliphatic rings. The number of likely N-dealkylation sites (tertiary alicyclic amines) is 1. The second kappa shape index (κ2) is 4.36. The first-order valence-electron chi connectivity index (χ1n) is 4.97. The van der Waals surface area contributed by atoms with E-state index in [4.69, 9.17) is 0 Å². The Hall–Kier alpha value is -1.82. The Labute approximate surface area is 92.7 Å². The third kappa shape index (κ3) is 2.06. The van der Waals surface area contributed by atoms with Gasteiger partial charge in [0.05, 0.1) is 18.2 Å². The number of nitrogens with zero attached hydrogens (tertiary/aromatic N) is 3. The van der Waals surface area contributed by atoms with Gasteiger partial charge in [-0.1, -0.05) is 0 Å². The maximum Gasteiger partial charge on any atom is 0.246 e. The van der Waals surface area contributed by atoms with E-state index in [1.807, 2.05) is 0 Å². The molecule has 84 valence electrons. The van der Waals surface area contributed by atoms with E-state index in [9.17, 15) is 9.59 Å². The molecule has 6 heteroatoms. The number of amides is 2. The lowest BCUT2D eigenvalue weighted by molar-refractivity contribution is -0.137. The summed E-state index contributed by atoms with van der Waals surface area (Å²) in [6, 6.07) is 1.34. The second-order valence-corrected chi connectivity index (χ2v) is 3.63. The molecule has 0 spiro atoms. The Balaban J connectivity index is 1.92. The molecule has 1 aromatic heterocycles. The highest BCUT2D eigenvalue weighted by Gasteiger charge is 2.35. The van der Waals surface area contributed by atoms with Crippen molar-refractivity contribution >= 4 is 11.8 Å². The number of rotatable bonds is 3. The lowest BCUT2D eigenvalue weighted by atomic mass is 10.2. The van der Waals surface area contributed by atoms with Gasteiger partial charge in [-0.2, -0.15) is 0 Å². The van der Waals surface area contributed by atoms with Gasteiger partial charge < -0.3 is 0 Å². The van der Waals surface area contributed by atoms with Crippen LogP contribution in [0, 0.1) is 0 Å². The summed E-state index contributed by atoms with van der Waals surface area (Å²) in [6.45, 7) is 0.458. The molecule has 2 rings (SSSR count). The van der Waals surface area contributed by atoms with Crippen molar-refractivity contribution in [3.63, 3.8) is 0 Å². The number of nitrogens with one attached hydrogen (secondary N) is 1. The summed E-state index contributed by atoms with van der Waals surface area (Å²) < 4.78 is 0. The van der Waals surface area contributed by atoms with E-state index in [-0.39, 0.29) is 18.2 Å². The van der Waals surface area contributed by atoms with Crippen LogP contribution in [0.2, 0.25) is 0 Å². The first-order chi connectivity index (χ1) is 7.68. The smallest absolute Gasteiger partial charge is 0.246 e.